The lowest BCUT2D eigenvalue weighted by atomic mass is 9.62. The quantitative estimate of drug-likeness (QED) is 0.121. The summed E-state index contributed by atoms with van der Waals surface area (Å²) in [5.41, 5.74) is 34.1. The second-order valence-electron chi connectivity index (χ2n) is 39.2. The van der Waals surface area contributed by atoms with Crippen LogP contribution in [0.3, 0.4) is 0 Å². The van der Waals surface area contributed by atoms with E-state index >= 15 is 0 Å². The van der Waals surface area contributed by atoms with E-state index in [-0.39, 0.29) is 0 Å². The van der Waals surface area contributed by atoms with Gasteiger partial charge in [-0.25, -0.2) is 18.7 Å². The van der Waals surface area contributed by atoms with E-state index in [1.807, 2.05) is 52.9 Å². The first-order valence-electron chi connectivity index (χ1n) is 46.8. The van der Waals surface area contributed by atoms with Gasteiger partial charge >= 0.3 is 0 Å². The fraction of sp³-hybridized carbons (Fsp3) is 0.383. The summed E-state index contributed by atoms with van der Waals surface area (Å²) in [6.45, 7) is 23.5. The zero-order chi connectivity index (χ0) is 86.1. The predicted molar refractivity (Wildman–Crippen MR) is 507 cm³/mol. The number of nitrogens with zero attached hydrogens (tertiary/aromatic N) is 5. The van der Waals surface area contributed by atoms with Crippen LogP contribution in [0.2, 0.25) is 0 Å². The van der Waals surface area contributed by atoms with Crippen molar-refractivity contribution >= 4 is 33.0 Å². The van der Waals surface area contributed by atoms with Crippen LogP contribution in [-0.4, -0.2) is 4.98 Å². The predicted octanol–water partition coefficient (Wildman–Crippen LogP) is 29.1. The fourth-order valence-electron chi connectivity index (χ4n) is 21.4. The van der Waals surface area contributed by atoms with Crippen LogP contribution in [0.4, 0.5) is 0 Å². The molecule has 0 amide bonds. The first kappa shape index (κ1) is 81.6. The van der Waals surface area contributed by atoms with Crippen molar-refractivity contribution in [2.45, 2.75) is 235 Å². The van der Waals surface area contributed by atoms with Gasteiger partial charge in [-0.05, 0) is 316 Å². The minimum absolute atomic E-state index is 0.530. The topological polar surface area (TPSA) is 41.6 Å². The third kappa shape index (κ3) is 18.8. The van der Waals surface area contributed by atoms with Crippen molar-refractivity contribution < 1.29 is 25.4 Å². The minimum atomic E-state index is -1.48. The minimum Gasteiger partial charge on any atom is -0.437 e. The molecule has 6 aromatic heterocycles. The SMILES string of the molecule is Cc1ccccc1-c1cc(-c2ccc(C3CCC(C)(C)CC3)cc2)cc[n+]1C.Cc1ccccc1-c1cc(-c2ccc(C3CCC4(CCCC4)CC3)cc2)cc[n+]1C.Cc1ccccc1-c1cc(-c2ccc(C3CCC4(CCCCC4)CC3)cc2)cc[n+]1C.[2H]C([2H])(c1cccc2c1ccc(-c1c(C)c(C)cc3c1oc1nc(C)ccc13)[n+]2C)C(C)(C)C. The summed E-state index contributed by atoms with van der Waals surface area (Å²) < 4.78 is 32.9. The van der Waals surface area contributed by atoms with Gasteiger partial charge < -0.3 is 4.42 Å². The molecule has 0 bridgehead atoms. The van der Waals surface area contributed by atoms with Crippen molar-refractivity contribution in [1.29, 1.82) is 0 Å². The van der Waals surface area contributed by atoms with Crippen LogP contribution in [-0.2, 0) is 34.6 Å². The third-order valence-corrected chi connectivity index (χ3v) is 29.1. The Kier molecular flexibility index (Phi) is 24.2. The number of aromatic nitrogens is 5. The Morgan fingerprint density at radius 3 is 1.19 bits per heavy atom. The molecule has 5 fully saturated rings. The van der Waals surface area contributed by atoms with Gasteiger partial charge in [0.2, 0.25) is 34.0 Å². The van der Waals surface area contributed by atoms with Gasteiger partial charge in [0.1, 0.15) is 28.2 Å². The summed E-state index contributed by atoms with van der Waals surface area (Å²) in [6.07, 6.45) is 35.1. The van der Waals surface area contributed by atoms with Crippen molar-refractivity contribution in [3.05, 3.63) is 305 Å². The molecule has 6 heterocycles. The van der Waals surface area contributed by atoms with E-state index in [0.717, 1.165) is 67.4 Å². The molecular weight excluding hydrogens is 1470 g/mol. The molecular formula is C115H133N5O+4. The smallest absolute Gasteiger partial charge is 0.227 e. The molecule has 2 spiro atoms. The molecule has 121 heavy (non-hydrogen) atoms. The maximum absolute atomic E-state index is 8.87. The number of fused-ring (bicyclic) bond motifs is 4. The van der Waals surface area contributed by atoms with Gasteiger partial charge in [0.05, 0.1) is 5.56 Å². The maximum Gasteiger partial charge on any atom is 0.227 e. The molecule has 0 aliphatic heterocycles. The fourth-order valence-corrected chi connectivity index (χ4v) is 21.4. The number of rotatable bonds is 11. The molecule has 5 saturated carbocycles. The Morgan fingerprint density at radius 2 is 0.777 bits per heavy atom. The second-order valence-corrected chi connectivity index (χ2v) is 39.2. The summed E-state index contributed by atoms with van der Waals surface area (Å²) in [5.74, 6) is 2.26. The van der Waals surface area contributed by atoms with E-state index in [0.29, 0.717) is 22.1 Å². The van der Waals surface area contributed by atoms with Gasteiger partial charge in [0.25, 0.3) is 0 Å². The van der Waals surface area contributed by atoms with Gasteiger partial charge in [0.15, 0.2) is 24.2 Å². The summed E-state index contributed by atoms with van der Waals surface area (Å²) in [6, 6.07) is 84.3. The number of furan rings is 1. The number of hydrogen-bond acceptors (Lipinski definition) is 2. The zero-order valence-corrected chi connectivity index (χ0v) is 75.4. The number of hydrogen-bond donors (Lipinski definition) is 0. The highest BCUT2D eigenvalue weighted by Gasteiger charge is 2.39. The van der Waals surface area contributed by atoms with Crippen molar-refractivity contribution in [2.24, 2.45) is 49.9 Å². The lowest BCUT2D eigenvalue weighted by Gasteiger charge is -2.43. The molecule has 0 radical (unpaired) electrons. The van der Waals surface area contributed by atoms with Crippen LogP contribution in [0.15, 0.2) is 254 Å². The highest BCUT2D eigenvalue weighted by molar-refractivity contribution is 6.09. The molecule has 6 heteroatoms. The largest absolute Gasteiger partial charge is 0.437 e. The third-order valence-electron chi connectivity index (χ3n) is 29.1. The van der Waals surface area contributed by atoms with E-state index in [9.17, 15) is 0 Å². The first-order valence-corrected chi connectivity index (χ1v) is 45.8. The molecule has 5 aliphatic carbocycles. The van der Waals surface area contributed by atoms with Gasteiger partial charge in [-0.1, -0.05) is 206 Å². The number of pyridine rings is 5. The molecule has 5 aliphatic rings. The highest BCUT2D eigenvalue weighted by Crippen LogP contribution is 2.54. The summed E-state index contributed by atoms with van der Waals surface area (Å²) in [5, 5.41) is 3.02. The Balaban J connectivity index is 0.000000122. The van der Waals surface area contributed by atoms with Crippen LogP contribution in [0.5, 0.6) is 0 Å². The zero-order valence-electron chi connectivity index (χ0n) is 77.4. The summed E-state index contributed by atoms with van der Waals surface area (Å²) in [7, 11) is 8.44. The van der Waals surface area contributed by atoms with Crippen molar-refractivity contribution in [3.63, 3.8) is 0 Å². The summed E-state index contributed by atoms with van der Waals surface area (Å²) in [4.78, 5) is 4.63. The van der Waals surface area contributed by atoms with E-state index in [2.05, 4.69) is 324 Å². The maximum atomic E-state index is 8.87. The molecule has 620 valence electrons. The molecule has 0 atom stereocenters. The van der Waals surface area contributed by atoms with Crippen LogP contribution in [0.25, 0.3) is 111 Å². The van der Waals surface area contributed by atoms with Crippen molar-refractivity contribution in [3.8, 4) is 78.4 Å². The standard InChI is InChI=1S/C30H36N.C29H31N2O.C29H34N.C27H32N/c1-23-8-4-5-9-28(23)29-22-27(16-21-31(29)2)25-12-10-24(11-13-25)26-14-19-30(20-15-26)17-6-3-7-18-30;1-17-15-23-22-12-11-18(2)30-28(22)32-27(23)26(19(17)3)25-14-13-21-20(16-29(4,5)6)9-8-10-24(21)31(25)7;1-22-7-3-4-8-27(22)28-21-26(15-20-30(28)2)24-11-9-23(10-12-24)25-13-18-29(19-14-25)16-5-6-17-29;1-20-7-5-6-8-25(20)26-19-24(15-18-28(26)4)22-11-9-21(10-12-22)23-13-16-27(2,3)17-14-23/h4-5,8-13,16,21-22,26H,3,6-7,14-15,17-20H2,1-2H3;8-15H,16H2,1-7H3;3-4,7-12,15,20-21,25H,5-6,13-14,16-19H2,1-2H3;5-12,15,18-19,23H,13-14,16-17H2,1-4H3/q4*+1/i;16D2;;. The normalized spacial score (nSPS) is 17.9. The number of aryl methyl sites for hydroxylation is 9. The van der Waals surface area contributed by atoms with Crippen molar-refractivity contribution in [1.82, 2.24) is 4.98 Å². The summed E-state index contributed by atoms with van der Waals surface area (Å²) >= 11 is 0. The molecule has 6 nitrogen and oxygen atoms in total. The van der Waals surface area contributed by atoms with E-state index in [1.165, 1.54) is 235 Å². The Morgan fingerprint density at radius 1 is 0.380 bits per heavy atom. The van der Waals surface area contributed by atoms with Gasteiger partial charge in [-0.2, -0.15) is 4.57 Å². The molecule has 0 N–H and O–H groups in total. The van der Waals surface area contributed by atoms with Crippen molar-refractivity contribution in [2.75, 3.05) is 0 Å². The molecule has 14 aromatic rings. The van der Waals surface area contributed by atoms with Crippen LogP contribution in [0.1, 0.15) is 246 Å². The van der Waals surface area contributed by atoms with E-state index < -0.39 is 11.8 Å². The monoisotopic (exact) mass is 1600 g/mol. The van der Waals surface area contributed by atoms with Gasteiger partial charge in [-0.3, -0.25) is 0 Å². The highest BCUT2D eigenvalue weighted by atomic mass is 16.3. The number of benzene rings is 8. The second kappa shape index (κ2) is 35.9. The Labute approximate surface area is 727 Å². The average Bonchev–Trinajstić information content (AvgIpc) is 1.69. The molecule has 0 unspecified atom stereocenters. The lowest BCUT2D eigenvalue weighted by Crippen LogP contribution is -2.32. The van der Waals surface area contributed by atoms with Crippen LogP contribution < -0.4 is 18.3 Å². The van der Waals surface area contributed by atoms with Gasteiger partial charge in [0, 0.05) is 89.8 Å². The first-order chi connectivity index (χ1) is 59.1. The molecule has 0 saturated heterocycles. The Hall–Kier alpha value is -10.4. The average molecular weight is 1600 g/mol. The lowest BCUT2D eigenvalue weighted by molar-refractivity contribution is -0.660. The molecule has 8 aromatic carbocycles. The molecule has 19 rings (SSSR count). The van der Waals surface area contributed by atoms with Gasteiger partial charge in [-0.15, -0.1) is 0 Å². The Bertz CT molecular complexity index is 6090. The van der Waals surface area contributed by atoms with E-state index in [4.69, 9.17) is 7.16 Å². The van der Waals surface area contributed by atoms with E-state index in [1.54, 1.807) is 11.1 Å². The van der Waals surface area contributed by atoms with Crippen LogP contribution >= 0.6 is 0 Å². The van der Waals surface area contributed by atoms with Crippen LogP contribution in [0, 0.1) is 63.2 Å².